The minimum Gasteiger partial charge on any atom is -0.360 e. The molecule has 1 fully saturated rings. The van der Waals surface area contributed by atoms with Crippen LogP contribution in [0.15, 0.2) is 4.52 Å². The summed E-state index contributed by atoms with van der Waals surface area (Å²) in [6, 6.07) is 0. The quantitative estimate of drug-likeness (QED) is 0.572. The molecule has 176 valence electrons. The largest absolute Gasteiger partial charge is 0.436 e. The van der Waals surface area contributed by atoms with E-state index in [0.29, 0.717) is 23.7 Å². The zero-order valence-electron chi connectivity index (χ0n) is 18.5. The third kappa shape index (κ3) is 4.67. The molecule has 4 rings (SSSR count). The van der Waals surface area contributed by atoms with Gasteiger partial charge >= 0.3 is 6.18 Å². The van der Waals surface area contributed by atoms with Crippen LogP contribution < -0.4 is 5.32 Å². The Balaban J connectivity index is 1.37. The fraction of sp³-hybridized carbons (Fsp3) is 0.682. The smallest absolute Gasteiger partial charge is 0.360 e. The summed E-state index contributed by atoms with van der Waals surface area (Å²) in [6.07, 6.45) is -0.0194. The van der Waals surface area contributed by atoms with Crippen molar-refractivity contribution < 1.29 is 22.5 Å². The molecule has 2 heterocycles. The minimum absolute atomic E-state index is 0.0260. The highest BCUT2D eigenvalue weighted by Crippen LogP contribution is 2.47. The van der Waals surface area contributed by atoms with Crippen LogP contribution in [0.3, 0.4) is 0 Å². The van der Waals surface area contributed by atoms with E-state index in [0.717, 1.165) is 43.4 Å². The van der Waals surface area contributed by atoms with Crippen LogP contribution in [0.25, 0.3) is 0 Å². The van der Waals surface area contributed by atoms with Crippen LogP contribution in [0.2, 0.25) is 5.02 Å². The van der Waals surface area contributed by atoms with Gasteiger partial charge in [-0.2, -0.15) is 18.3 Å². The minimum atomic E-state index is -4.59. The molecule has 1 amide bonds. The molecule has 0 spiro atoms. The molecular weight excluding hydrogens is 445 g/mol. The summed E-state index contributed by atoms with van der Waals surface area (Å²) in [5.74, 6) is 0.921. The first-order valence-corrected chi connectivity index (χ1v) is 11.4. The van der Waals surface area contributed by atoms with Gasteiger partial charge in [0, 0.05) is 31.0 Å². The Labute approximate surface area is 189 Å². The Morgan fingerprint density at radius 2 is 1.97 bits per heavy atom. The standard InChI is InChI=1S/C22H28ClF3N4O2/c1-21(2,3)13-7-8-15-14(11-13)17(29-32-15)20(31)27-9-4-10-30-18(12-5-6-12)16(23)19(28-30)22(24,25)26/h12-13H,4-11H2,1-3H3,(H,27,31). The fourth-order valence-corrected chi connectivity index (χ4v) is 4.78. The average molecular weight is 473 g/mol. The molecule has 0 bridgehead atoms. The summed E-state index contributed by atoms with van der Waals surface area (Å²) in [4.78, 5) is 12.7. The molecule has 0 radical (unpaired) electrons. The lowest BCUT2D eigenvalue weighted by atomic mass is 9.71. The topological polar surface area (TPSA) is 73.0 Å². The summed E-state index contributed by atoms with van der Waals surface area (Å²) in [5, 5.41) is 10.2. The molecule has 2 aliphatic rings. The number of hydrogen-bond acceptors (Lipinski definition) is 4. The van der Waals surface area contributed by atoms with Crippen molar-refractivity contribution in [1.82, 2.24) is 20.3 Å². The number of aromatic nitrogens is 3. The van der Waals surface area contributed by atoms with Gasteiger partial charge in [0.05, 0.1) is 10.7 Å². The Hall–Kier alpha value is -2.03. The van der Waals surface area contributed by atoms with E-state index >= 15 is 0 Å². The number of halogens is 4. The normalized spacial score (nSPS) is 19.2. The van der Waals surface area contributed by atoms with Gasteiger partial charge in [-0.05, 0) is 43.4 Å². The Morgan fingerprint density at radius 3 is 2.59 bits per heavy atom. The lowest BCUT2D eigenvalue weighted by Crippen LogP contribution is -2.30. The summed E-state index contributed by atoms with van der Waals surface area (Å²) >= 11 is 6.00. The maximum absolute atomic E-state index is 13.2. The average Bonchev–Trinajstić information content (AvgIpc) is 3.34. The van der Waals surface area contributed by atoms with Gasteiger partial charge in [0.25, 0.3) is 5.91 Å². The second-order valence-corrected chi connectivity index (χ2v) is 10.3. The van der Waals surface area contributed by atoms with Crippen LogP contribution in [0.1, 0.15) is 85.6 Å². The summed E-state index contributed by atoms with van der Waals surface area (Å²) < 4.78 is 46.3. The number of carbonyl (C=O) groups excluding carboxylic acids is 1. The molecular formula is C22H28ClF3N4O2. The second-order valence-electron chi connectivity index (χ2n) is 9.89. The maximum atomic E-state index is 13.2. The molecule has 1 N–H and O–H groups in total. The number of alkyl halides is 3. The highest BCUT2D eigenvalue weighted by molar-refractivity contribution is 6.32. The molecule has 0 aromatic carbocycles. The number of fused-ring (bicyclic) bond motifs is 1. The van der Waals surface area contributed by atoms with Crippen LogP contribution >= 0.6 is 11.6 Å². The second kappa shape index (κ2) is 8.39. The SMILES string of the molecule is CC(C)(C)C1CCc2onc(C(=O)NCCCn3nc(C(F)(F)F)c(Cl)c3C3CC3)c2C1. The maximum Gasteiger partial charge on any atom is 0.436 e. The van der Waals surface area contributed by atoms with E-state index in [-0.39, 0.29) is 35.4 Å². The number of rotatable bonds is 6. The Morgan fingerprint density at radius 1 is 1.25 bits per heavy atom. The molecule has 0 saturated heterocycles. The molecule has 2 aromatic rings. The van der Waals surface area contributed by atoms with Crippen molar-refractivity contribution in [1.29, 1.82) is 0 Å². The highest BCUT2D eigenvalue weighted by atomic mass is 35.5. The monoisotopic (exact) mass is 472 g/mol. The lowest BCUT2D eigenvalue weighted by Gasteiger charge is -2.33. The van der Waals surface area contributed by atoms with Crippen LogP contribution in [0.5, 0.6) is 0 Å². The molecule has 1 unspecified atom stereocenters. The van der Waals surface area contributed by atoms with Gasteiger partial charge in [-0.25, -0.2) is 0 Å². The molecule has 1 saturated carbocycles. The van der Waals surface area contributed by atoms with Crippen molar-refractivity contribution in [3.8, 4) is 0 Å². The molecule has 2 aromatic heterocycles. The fourth-order valence-electron chi connectivity index (χ4n) is 4.39. The van der Waals surface area contributed by atoms with Crippen molar-refractivity contribution in [2.45, 2.75) is 77.9 Å². The van der Waals surface area contributed by atoms with Gasteiger partial charge in [0.2, 0.25) is 0 Å². The van der Waals surface area contributed by atoms with Crippen molar-refractivity contribution in [3.63, 3.8) is 0 Å². The van der Waals surface area contributed by atoms with E-state index in [4.69, 9.17) is 16.1 Å². The van der Waals surface area contributed by atoms with Crippen molar-refractivity contribution in [3.05, 3.63) is 33.4 Å². The molecule has 1 atom stereocenters. The lowest BCUT2D eigenvalue weighted by molar-refractivity contribution is -0.141. The number of hydrogen-bond donors (Lipinski definition) is 1. The summed E-state index contributed by atoms with van der Waals surface area (Å²) in [7, 11) is 0. The summed E-state index contributed by atoms with van der Waals surface area (Å²) in [5.41, 5.74) is 0.728. The first-order chi connectivity index (χ1) is 15.0. The molecule has 6 nitrogen and oxygen atoms in total. The Bertz CT molecular complexity index is 1000. The van der Waals surface area contributed by atoms with Crippen LogP contribution in [0.4, 0.5) is 13.2 Å². The van der Waals surface area contributed by atoms with E-state index in [1.807, 2.05) is 0 Å². The van der Waals surface area contributed by atoms with Crippen molar-refractivity contribution in [2.75, 3.05) is 6.54 Å². The van der Waals surface area contributed by atoms with Gasteiger partial charge in [0.15, 0.2) is 11.4 Å². The molecule has 2 aliphatic carbocycles. The predicted octanol–water partition coefficient (Wildman–Crippen LogP) is 5.39. The number of nitrogens with zero attached hydrogens (tertiary/aromatic N) is 3. The van der Waals surface area contributed by atoms with Crippen LogP contribution in [0, 0.1) is 11.3 Å². The number of carbonyl (C=O) groups is 1. The van der Waals surface area contributed by atoms with E-state index < -0.39 is 11.9 Å². The molecule has 10 heteroatoms. The van der Waals surface area contributed by atoms with Gasteiger partial charge in [-0.3, -0.25) is 9.48 Å². The van der Waals surface area contributed by atoms with Crippen molar-refractivity contribution >= 4 is 17.5 Å². The van der Waals surface area contributed by atoms with E-state index in [2.05, 4.69) is 36.3 Å². The van der Waals surface area contributed by atoms with Gasteiger partial charge < -0.3 is 9.84 Å². The Kier molecular flexibility index (Phi) is 6.07. The van der Waals surface area contributed by atoms with Crippen molar-refractivity contribution in [2.24, 2.45) is 11.3 Å². The first kappa shape index (κ1) is 23.1. The highest BCUT2D eigenvalue weighted by Gasteiger charge is 2.42. The van der Waals surface area contributed by atoms with Crippen LogP contribution in [-0.2, 0) is 25.6 Å². The first-order valence-electron chi connectivity index (χ1n) is 11.1. The van der Waals surface area contributed by atoms with E-state index in [1.54, 1.807) is 0 Å². The van der Waals surface area contributed by atoms with Crippen LogP contribution in [-0.4, -0.2) is 27.4 Å². The van der Waals surface area contributed by atoms with E-state index in [1.165, 1.54) is 4.68 Å². The molecule has 0 aliphatic heterocycles. The number of nitrogens with one attached hydrogen (secondary N) is 1. The number of amides is 1. The van der Waals surface area contributed by atoms with E-state index in [9.17, 15) is 18.0 Å². The van der Waals surface area contributed by atoms with Gasteiger partial charge in [-0.15, -0.1) is 0 Å². The third-order valence-electron chi connectivity index (χ3n) is 6.48. The molecule has 32 heavy (non-hydrogen) atoms. The summed E-state index contributed by atoms with van der Waals surface area (Å²) in [6.45, 7) is 7.10. The van der Waals surface area contributed by atoms with Gasteiger partial charge in [-0.1, -0.05) is 37.5 Å². The number of aryl methyl sites for hydroxylation is 2. The third-order valence-corrected chi connectivity index (χ3v) is 6.85. The predicted molar refractivity (Wildman–Crippen MR) is 113 cm³/mol. The zero-order chi connectivity index (χ0) is 23.3. The zero-order valence-corrected chi connectivity index (χ0v) is 19.2. The van der Waals surface area contributed by atoms with Gasteiger partial charge in [0.1, 0.15) is 5.76 Å².